The van der Waals surface area contributed by atoms with E-state index in [9.17, 15) is 14.4 Å². The van der Waals surface area contributed by atoms with Crippen molar-refractivity contribution >= 4 is 27.0 Å². The van der Waals surface area contributed by atoms with Crippen molar-refractivity contribution < 1.29 is 18.8 Å². The predicted octanol–water partition coefficient (Wildman–Crippen LogP) is 0.246. The van der Waals surface area contributed by atoms with Crippen LogP contribution in [0.4, 0.5) is 0 Å². The normalized spacial score (nSPS) is 12.6. The molecule has 0 N–H and O–H groups in total. The highest BCUT2D eigenvalue weighted by Gasteiger charge is 2.39. The largest absolute Gasteiger partial charge is 0.633 e. The van der Waals surface area contributed by atoms with Gasteiger partial charge >= 0.3 is 8.80 Å². The van der Waals surface area contributed by atoms with Crippen LogP contribution < -0.4 is 0 Å². The Morgan fingerprint density at radius 2 is 1.53 bits per heavy atom. The lowest BCUT2D eigenvalue weighted by Crippen LogP contribution is -2.33. The molecule has 0 aliphatic rings. The van der Waals surface area contributed by atoms with Crippen molar-refractivity contribution in [2.45, 2.75) is 19.8 Å². The van der Waals surface area contributed by atoms with Gasteiger partial charge in [0.15, 0.2) is 0 Å². The Balaban J connectivity index is 4.85. The molecule has 8 heteroatoms. The van der Waals surface area contributed by atoms with Gasteiger partial charge in [0, 0.05) is 6.61 Å². The van der Waals surface area contributed by atoms with Gasteiger partial charge in [0.25, 0.3) is 0 Å². The lowest BCUT2D eigenvalue weighted by molar-refractivity contribution is 0.293. The van der Waals surface area contributed by atoms with Gasteiger partial charge in [-0.2, -0.15) is 14.0 Å². The summed E-state index contributed by atoms with van der Waals surface area (Å²) in [6, 6.07) is 0. The van der Waals surface area contributed by atoms with E-state index in [-0.39, 0.29) is 6.61 Å². The Labute approximate surface area is 87.0 Å². The van der Waals surface area contributed by atoms with Gasteiger partial charge in [-0.25, -0.2) is 14.4 Å². The Bertz CT molecular complexity index is 295. The molecule has 0 unspecified atom stereocenters. The highest BCUT2D eigenvalue weighted by Crippen LogP contribution is 2.09. The Hall–Kier alpha value is -1.68. The van der Waals surface area contributed by atoms with Gasteiger partial charge in [0.05, 0.1) is 0 Å². The van der Waals surface area contributed by atoms with E-state index in [1.165, 1.54) is 18.2 Å². The van der Waals surface area contributed by atoms with Crippen LogP contribution in [0.3, 0.4) is 0 Å². The van der Waals surface area contributed by atoms with E-state index < -0.39 is 8.80 Å². The van der Waals surface area contributed by atoms with Crippen molar-refractivity contribution in [2.75, 3.05) is 6.61 Å². The fourth-order valence-electron chi connectivity index (χ4n) is 0.704. The molecule has 0 aromatic rings. The van der Waals surface area contributed by atoms with Gasteiger partial charge in [0.2, 0.25) is 18.2 Å². The van der Waals surface area contributed by atoms with Gasteiger partial charge in [-0.05, 0) is 6.42 Å². The number of unbranched alkanes of at least 4 members (excludes halogenated alkanes) is 1. The standard InChI is InChI=1S/C7H9N3O4Si/c1-2-3-4-14-15(8-5-11,9-6-12)10-7-13/h2-4H2,1H3. The summed E-state index contributed by atoms with van der Waals surface area (Å²) in [6.07, 6.45) is 5.03. The summed E-state index contributed by atoms with van der Waals surface area (Å²) < 4.78 is 14.5. The molecular weight excluding hydrogens is 218 g/mol. The van der Waals surface area contributed by atoms with E-state index in [1.807, 2.05) is 6.92 Å². The SMILES string of the molecule is CCCCO[Si](N=C=O)(N=C=O)N=C=O. The maximum atomic E-state index is 10.1. The molecule has 0 heterocycles. The number of rotatable bonds is 7. The fourth-order valence-corrected chi connectivity index (χ4v) is 1.82. The van der Waals surface area contributed by atoms with Crippen LogP contribution in [-0.4, -0.2) is 33.6 Å². The smallest absolute Gasteiger partial charge is 0.363 e. The van der Waals surface area contributed by atoms with Crippen molar-refractivity contribution in [1.29, 1.82) is 0 Å². The summed E-state index contributed by atoms with van der Waals surface area (Å²) >= 11 is 0. The lowest BCUT2D eigenvalue weighted by Gasteiger charge is -2.10. The average molecular weight is 227 g/mol. The monoisotopic (exact) mass is 227 g/mol. The molecule has 80 valence electrons. The van der Waals surface area contributed by atoms with Crippen molar-refractivity contribution in [3.8, 4) is 0 Å². The second-order valence-electron chi connectivity index (χ2n) is 2.39. The molecule has 0 aliphatic heterocycles. The highest BCUT2D eigenvalue weighted by atomic mass is 28.4. The molecule has 0 atom stereocenters. The molecule has 0 saturated carbocycles. The van der Waals surface area contributed by atoms with Gasteiger partial charge in [0.1, 0.15) is 0 Å². The third-order valence-electron chi connectivity index (χ3n) is 1.37. The van der Waals surface area contributed by atoms with Gasteiger partial charge < -0.3 is 4.43 Å². The maximum absolute atomic E-state index is 10.1. The maximum Gasteiger partial charge on any atom is 0.633 e. The van der Waals surface area contributed by atoms with Gasteiger partial charge in [-0.3, -0.25) is 0 Å². The molecule has 0 spiro atoms. The number of hydrogen-bond acceptors (Lipinski definition) is 7. The minimum Gasteiger partial charge on any atom is -0.363 e. The molecule has 0 bridgehead atoms. The van der Waals surface area contributed by atoms with Crippen molar-refractivity contribution in [3.05, 3.63) is 0 Å². The van der Waals surface area contributed by atoms with Gasteiger partial charge in [-0.1, -0.05) is 13.3 Å². The van der Waals surface area contributed by atoms with E-state index in [2.05, 4.69) is 14.0 Å². The van der Waals surface area contributed by atoms with Crippen LogP contribution in [-0.2, 0) is 18.8 Å². The molecule has 0 rings (SSSR count). The first-order valence-electron chi connectivity index (χ1n) is 4.15. The zero-order valence-electron chi connectivity index (χ0n) is 8.10. The van der Waals surface area contributed by atoms with Crippen LogP contribution in [0.15, 0.2) is 14.0 Å². The molecule has 0 aliphatic carbocycles. The minimum atomic E-state index is -3.73. The highest BCUT2D eigenvalue weighted by molar-refractivity contribution is 6.70. The molecule has 0 aromatic carbocycles. The summed E-state index contributed by atoms with van der Waals surface area (Å²) in [5.74, 6) is 0. The van der Waals surface area contributed by atoms with Gasteiger partial charge in [-0.15, -0.1) is 0 Å². The van der Waals surface area contributed by atoms with Crippen molar-refractivity contribution in [2.24, 2.45) is 14.0 Å². The summed E-state index contributed by atoms with van der Waals surface area (Å²) in [4.78, 5) is 30.3. The average Bonchev–Trinajstić information content (AvgIpc) is 2.19. The quantitative estimate of drug-likeness (QED) is 0.269. The number of nitrogens with zero attached hydrogens (tertiary/aromatic N) is 3. The van der Waals surface area contributed by atoms with Crippen LogP contribution in [0.1, 0.15) is 19.8 Å². The van der Waals surface area contributed by atoms with E-state index in [0.29, 0.717) is 6.42 Å². The van der Waals surface area contributed by atoms with Crippen molar-refractivity contribution in [3.63, 3.8) is 0 Å². The minimum absolute atomic E-state index is 0.199. The Morgan fingerprint density at radius 3 is 1.87 bits per heavy atom. The van der Waals surface area contributed by atoms with E-state index in [1.54, 1.807) is 0 Å². The Kier molecular flexibility index (Phi) is 6.83. The molecule has 15 heavy (non-hydrogen) atoms. The zero-order chi connectivity index (χ0) is 11.6. The summed E-state index contributed by atoms with van der Waals surface area (Å²) in [7, 11) is -3.73. The molecular formula is C7H9N3O4Si. The first-order chi connectivity index (χ1) is 7.24. The summed E-state index contributed by atoms with van der Waals surface area (Å²) in [6.45, 7) is 2.12. The second kappa shape index (κ2) is 7.70. The lowest BCUT2D eigenvalue weighted by atomic mass is 10.4. The number of carbonyl (C=O) groups excluding carboxylic acids is 3. The molecule has 0 amide bonds. The molecule has 0 aromatic heterocycles. The van der Waals surface area contributed by atoms with Crippen LogP contribution in [0, 0.1) is 0 Å². The van der Waals surface area contributed by atoms with Crippen molar-refractivity contribution in [1.82, 2.24) is 0 Å². The molecule has 0 saturated heterocycles. The first kappa shape index (κ1) is 13.3. The number of isocyanates is 3. The van der Waals surface area contributed by atoms with Crippen LogP contribution >= 0.6 is 0 Å². The Morgan fingerprint density at radius 1 is 1.07 bits per heavy atom. The molecule has 0 fully saturated rings. The van der Waals surface area contributed by atoms with E-state index >= 15 is 0 Å². The third kappa shape index (κ3) is 4.92. The van der Waals surface area contributed by atoms with Crippen LogP contribution in [0.5, 0.6) is 0 Å². The topological polar surface area (TPSA) is 97.5 Å². The third-order valence-corrected chi connectivity index (χ3v) is 3.11. The van der Waals surface area contributed by atoms with E-state index in [0.717, 1.165) is 6.42 Å². The second-order valence-corrected chi connectivity index (χ2v) is 4.49. The summed E-state index contributed by atoms with van der Waals surface area (Å²) in [5.41, 5.74) is 0. The first-order valence-corrected chi connectivity index (χ1v) is 5.90. The zero-order valence-corrected chi connectivity index (χ0v) is 9.10. The van der Waals surface area contributed by atoms with E-state index in [4.69, 9.17) is 4.43 Å². The predicted molar refractivity (Wildman–Crippen MR) is 51.0 cm³/mol. The molecule has 0 radical (unpaired) electrons. The fraction of sp³-hybridized carbons (Fsp3) is 0.571. The number of hydrogen-bond donors (Lipinski definition) is 0. The summed E-state index contributed by atoms with van der Waals surface area (Å²) in [5, 5.41) is 0. The van der Waals surface area contributed by atoms with Crippen LogP contribution in [0.25, 0.3) is 0 Å². The molecule has 7 nitrogen and oxygen atoms in total. The van der Waals surface area contributed by atoms with Crippen LogP contribution in [0.2, 0.25) is 0 Å².